The average molecular weight is 611 g/mol. The van der Waals surface area contributed by atoms with Gasteiger partial charge in [0.15, 0.2) is 11.5 Å². The number of nitrogens with zero attached hydrogens (tertiary/aromatic N) is 2. The first-order valence-electron chi connectivity index (χ1n) is 16.7. The Balaban J connectivity index is 1.19. The molecule has 0 N–H and O–H groups in total. The molecule has 4 aliphatic rings. The predicted octanol–water partition coefficient (Wildman–Crippen LogP) is 11.1. The smallest absolute Gasteiger partial charge is 0.152 e. The van der Waals surface area contributed by atoms with Crippen LogP contribution in [0.2, 0.25) is 0 Å². The standard InChI is InChI=1S/C45H26N2O/c1-5-15-33-28(11-1)29-12-2-6-16-34(29)45(33)35-25-26(21-22-30(35)42-31-13-3-7-17-36(31)46-44(42)45)27-23-24-40-43-41(27)32-14-4-8-18-37(32)47(43)38-19-9-10-20-39(38)48-40/h1-25,42H. The van der Waals surface area contributed by atoms with E-state index < -0.39 is 5.41 Å². The van der Waals surface area contributed by atoms with Crippen LogP contribution in [0.5, 0.6) is 11.5 Å². The maximum absolute atomic E-state index is 6.55. The Labute approximate surface area is 277 Å². The molecule has 7 aromatic carbocycles. The molecule has 1 spiro atoms. The molecule has 3 heteroatoms. The number of fused-ring (bicyclic) bond motifs is 17. The van der Waals surface area contributed by atoms with Gasteiger partial charge in [-0.2, -0.15) is 0 Å². The van der Waals surface area contributed by atoms with E-state index in [0.717, 1.165) is 28.4 Å². The van der Waals surface area contributed by atoms with Gasteiger partial charge in [-0.05, 0) is 92.5 Å². The molecule has 0 bridgehead atoms. The molecule has 1 atom stereocenters. The monoisotopic (exact) mass is 610 g/mol. The van der Waals surface area contributed by atoms with Crippen LogP contribution in [0.25, 0.3) is 49.7 Å². The Morgan fingerprint density at radius 3 is 2.17 bits per heavy atom. The lowest BCUT2D eigenvalue weighted by Gasteiger charge is -2.30. The van der Waals surface area contributed by atoms with Gasteiger partial charge in [-0.25, -0.2) is 0 Å². The first-order valence-corrected chi connectivity index (χ1v) is 16.7. The van der Waals surface area contributed by atoms with Gasteiger partial charge in [0, 0.05) is 10.8 Å². The molecule has 12 rings (SSSR count). The van der Waals surface area contributed by atoms with E-state index in [-0.39, 0.29) is 5.92 Å². The van der Waals surface area contributed by atoms with E-state index in [0.29, 0.717) is 0 Å². The molecule has 0 saturated carbocycles. The molecular formula is C45H26N2O. The summed E-state index contributed by atoms with van der Waals surface area (Å²) in [7, 11) is 0. The molecule has 3 nitrogen and oxygen atoms in total. The molecule has 0 amide bonds. The number of aromatic nitrogens is 1. The zero-order valence-corrected chi connectivity index (χ0v) is 25.8. The lowest BCUT2D eigenvalue weighted by molar-refractivity contribution is 0.476. The van der Waals surface area contributed by atoms with Gasteiger partial charge in [0.2, 0.25) is 0 Å². The number of benzene rings is 7. The minimum Gasteiger partial charge on any atom is -0.453 e. The first-order chi connectivity index (χ1) is 23.8. The van der Waals surface area contributed by atoms with Crippen LogP contribution in [0.1, 0.15) is 33.7 Å². The van der Waals surface area contributed by atoms with E-state index in [1.807, 2.05) is 6.07 Å². The maximum atomic E-state index is 6.55. The summed E-state index contributed by atoms with van der Waals surface area (Å²) in [5, 5.41) is 2.45. The highest BCUT2D eigenvalue weighted by Gasteiger charge is 2.58. The van der Waals surface area contributed by atoms with E-state index in [9.17, 15) is 0 Å². The fourth-order valence-corrected chi connectivity index (χ4v) is 9.52. The Morgan fingerprint density at radius 1 is 0.562 bits per heavy atom. The van der Waals surface area contributed by atoms with Crippen LogP contribution in [0, 0.1) is 0 Å². The van der Waals surface area contributed by atoms with E-state index in [1.165, 1.54) is 72.1 Å². The third-order valence-corrected chi connectivity index (χ3v) is 11.3. The van der Waals surface area contributed by atoms with Crippen molar-refractivity contribution in [2.45, 2.75) is 11.3 Å². The van der Waals surface area contributed by atoms with Crippen molar-refractivity contribution in [2.75, 3.05) is 0 Å². The van der Waals surface area contributed by atoms with Crippen LogP contribution in [-0.2, 0) is 5.41 Å². The lowest BCUT2D eigenvalue weighted by Crippen LogP contribution is -2.33. The molecule has 1 unspecified atom stereocenters. The topological polar surface area (TPSA) is 26.5 Å². The highest BCUT2D eigenvalue weighted by atomic mass is 16.5. The van der Waals surface area contributed by atoms with Crippen molar-refractivity contribution in [1.29, 1.82) is 0 Å². The van der Waals surface area contributed by atoms with Gasteiger partial charge in [-0.1, -0.05) is 109 Å². The minimum absolute atomic E-state index is 0.115. The van der Waals surface area contributed by atoms with Crippen LogP contribution in [-0.4, -0.2) is 10.3 Å². The zero-order chi connectivity index (χ0) is 31.1. The summed E-state index contributed by atoms with van der Waals surface area (Å²) in [4.78, 5) is 5.51. The fourth-order valence-electron chi connectivity index (χ4n) is 9.52. The number of aliphatic imine (C=N–C) groups is 1. The van der Waals surface area contributed by atoms with Crippen molar-refractivity contribution in [3.63, 3.8) is 0 Å². The number of para-hydroxylation sites is 4. The van der Waals surface area contributed by atoms with E-state index in [4.69, 9.17) is 9.73 Å². The molecular weight excluding hydrogens is 585 g/mol. The second-order valence-corrected chi connectivity index (χ2v) is 13.4. The summed E-state index contributed by atoms with van der Waals surface area (Å²) in [6.45, 7) is 0. The van der Waals surface area contributed by atoms with Crippen molar-refractivity contribution in [3.05, 3.63) is 179 Å². The first kappa shape index (κ1) is 25.0. The minimum atomic E-state index is -0.469. The Morgan fingerprint density at radius 2 is 1.29 bits per heavy atom. The lowest BCUT2D eigenvalue weighted by atomic mass is 9.71. The summed E-state index contributed by atoms with van der Waals surface area (Å²) in [6, 6.07) is 55.4. The largest absolute Gasteiger partial charge is 0.453 e. The summed E-state index contributed by atoms with van der Waals surface area (Å²) >= 11 is 0. The fraction of sp³-hybridized carbons (Fsp3) is 0.0444. The Bertz CT molecular complexity index is 2740. The van der Waals surface area contributed by atoms with E-state index in [1.54, 1.807) is 0 Å². The highest BCUT2D eigenvalue weighted by Crippen LogP contribution is 2.64. The summed E-state index contributed by atoms with van der Waals surface area (Å²) < 4.78 is 8.93. The summed E-state index contributed by atoms with van der Waals surface area (Å²) in [5.41, 5.74) is 16.9. The number of hydrogen-bond acceptors (Lipinski definition) is 2. The van der Waals surface area contributed by atoms with Gasteiger partial charge in [-0.15, -0.1) is 0 Å². The van der Waals surface area contributed by atoms with Crippen molar-refractivity contribution >= 4 is 33.2 Å². The van der Waals surface area contributed by atoms with E-state index in [2.05, 4.69) is 150 Å². The maximum Gasteiger partial charge on any atom is 0.152 e. The second-order valence-electron chi connectivity index (χ2n) is 13.4. The predicted molar refractivity (Wildman–Crippen MR) is 193 cm³/mol. The second kappa shape index (κ2) is 8.58. The Hall–Kier alpha value is -6.19. The van der Waals surface area contributed by atoms with Gasteiger partial charge < -0.3 is 9.30 Å². The summed E-state index contributed by atoms with van der Waals surface area (Å²) in [5.74, 6) is 1.88. The summed E-state index contributed by atoms with van der Waals surface area (Å²) in [6.07, 6.45) is 0. The van der Waals surface area contributed by atoms with Gasteiger partial charge in [0.05, 0.1) is 39.5 Å². The molecule has 48 heavy (non-hydrogen) atoms. The van der Waals surface area contributed by atoms with Crippen molar-refractivity contribution in [1.82, 2.24) is 4.57 Å². The molecule has 1 aromatic heterocycles. The normalized spacial score (nSPS) is 16.6. The molecule has 0 fully saturated rings. The van der Waals surface area contributed by atoms with Crippen LogP contribution in [0.3, 0.4) is 0 Å². The molecule has 2 aliphatic carbocycles. The molecule has 3 heterocycles. The molecule has 2 aliphatic heterocycles. The number of rotatable bonds is 1. The van der Waals surface area contributed by atoms with Crippen LogP contribution in [0.15, 0.2) is 157 Å². The third kappa shape index (κ3) is 2.78. The van der Waals surface area contributed by atoms with Crippen molar-refractivity contribution in [3.8, 4) is 39.4 Å². The van der Waals surface area contributed by atoms with Crippen molar-refractivity contribution < 1.29 is 4.74 Å². The third-order valence-electron chi connectivity index (χ3n) is 11.3. The molecule has 222 valence electrons. The van der Waals surface area contributed by atoms with Gasteiger partial charge in [0.1, 0.15) is 0 Å². The molecule has 0 radical (unpaired) electrons. The zero-order valence-electron chi connectivity index (χ0n) is 25.8. The average Bonchev–Trinajstić information content (AvgIpc) is 3.86. The van der Waals surface area contributed by atoms with Gasteiger partial charge in [0.25, 0.3) is 0 Å². The van der Waals surface area contributed by atoms with Crippen molar-refractivity contribution in [2.24, 2.45) is 4.99 Å². The van der Waals surface area contributed by atoms with Gasteiger partial charge >= 0.3 is 0 Å². The number of hydrogen-bond donors (Lipinski definition) is 0. The molecule has 0 saturated heterocycles. The van der Waals surface area contributed by atoms with E-state index >= 15 is 0 Å². The van der Waals surface area contributed by atoms with Crippen LogP contribution >= 0.6 is 0 Å². The SMILES string of the molecule is c1ccc2c(c1)N=C1C2c2ccc(-c3ccc4c5c3c3ccccc3n5-c3ccccc3O4)cc2C12c1ccccc1-c1ccccc12. The molecule has 8 aromatic rings. The van der Waals surface area contributed by atoms with Crippen LogP contribution < -0.4 is 4.74 Å². The Kier molecular flexibility index (Phi) is 4.46. The highest BCUT2D eigenvalue weighted by molar-refractivity contribution is 6.20. The quantitative estimate of drug-likeness (QED) is 0.182. The van der Waals surface area contributed by atoms with Crippen LogP contribution in [0.4, 0.5) is 5.69 Å². The number of ether oxygens (including phenoxy) is 1. The van der Waals surface area contributed by atoms with Gasteiger partial charge in [-0.3, -0.25) is 4.99 Å².